The Balaban J connectivity index is 1.59. The number of rotatable bonds is 8. The molecule has 3 aromatic rings. The topological polar surface area (TPSA) is 85.5 Å². The summed E-state index contributed by atoms with van der Waals surface area (Å²) in [6.45, 7) is 0.907. The molecule has 2 aromatic carbocycles. The highest BCUT2D eigenvalue weighted by atomic mass is 16.5. The molecule has 27 heavy (non-hydrogen) atoms. The molecule has 1 aromatic heterocycles. The number of nitrogens with zero attached hydrogens (tertiary/aromatic N) is 1. The molecule has 0 spiro atoms. The van der Waals surface area contributed by atoms with Gasteiger partial charge in [0.1, 0.15) is 23.9 Å². The molecule has 0 radical (unpaired) electrons. The first kappa shape index (κ1) is 18.3. The average molecular weight is 367 g/mol. The number of hydrogen-bond donors (Lipinski definition) is 2. The van der Waals surface area contributed by atoms with Gasteiger partial charge in [-0.3, -0.25) is 9.78 Å². The summed E-state index contributed by atoms with van der Waals surface area (Å²) < 4.78 is 15.9. The third-order valence-electron chi connectivity index (χ3n) is 3.85. The second kappa shape index (κ2) is 8.75. The normalized spacial score (nSPS) is 10.3. The van der Waals surface area contributed by atoms with E-state index in [2.05, 4.69) is 15.3 Å². The Bertz CT molecular complexity index is 921. The van der Waals surface area contributed by atoms with Crippen molar-refractivity contribution in [3.05, 3.63) is 65.0 Å². The minimum absolute atomic E-state index is 0.227. The fourth-order valence-electron chi connectivity index (χ4n) is 2.46. The first-order chi connectivity index (χ1) is 13.2. The van der Waals surface area contributed by atoms with Crippen molar-refractivity contribution in [2.45, 2.75) is 0 Å². The summed E-state index contributed by atoms with van der Waals surface area (Å²) in [5.74, 6) is 2.66. The molecule has 0 aliphatic rings. The smallest absolute Gasteiger partial charge is 0.252 e. The summed E-state index contributed by atoms with van der Waals surface area (Å²) in [6.07, 6.45) is 0. The molecule has 0 aliphatic heterocycles. The van der Waals surface area contributed by atoms with Crippen molar-refractivity contribution in [2.24, 2.45) is 0 Å². The van der Waals surface area contributed by atoms with E-state index >= 15 is 0 Å². The molecule has 0 bridgehead atoms. The Morgan fingerprint density at radius 3 is 2.15 bits per heavy atom. The highest BCUT2D eigenvalue weighted by molar-refractivity contribution is 5.60. The second-order valence-corrected chi connectivity index (χ2v) is 5.66. The van der Waals surface area contributed by atoms with E-state index in [-0.39, 0.29) is 5.56 Å². The fourth-order valence-corrected chi connectivity index (χ4v) is 2.46. The number of anilines is 1. The van der Waals surface area contributed by atoms with Crippen LogP contribution in [-0.2, 0) is 0 Å². The fraction of sp³-hybridized carbons (Fsp3) is 0.200. The second-order valence-electron chi connectivity index (χ2n) is 5.66. The Morgan fingerprint density at radius 2 is 1.52 bits per heavy atom. The Labute approximate surface area is 156 Å². The standard InChI is InChI=1S/C20H21N3O4/c1-25-15-5-3-14(4-6-15)18-13-19(24)23-20(22-18)21-11-12-27-17-9-7-16(26-2)8-10-17/h3-10,13H,11-12H2,1-2H3,(H2,21,22,23,24). The van der Waals surface area contributed by atoms with Gasteiger partial charge in [0.05, 0.1) is 26.5 Å². The number of hydrogen-bond acceptors (Lipinski definition) is 6. The molecule has 3 rings (SSSR count). The molecule has 7 nitrogen and oxygen atoms in total. The number of aromatic nitrogens is 2. The summed E-state index contributed by atoms with van der Waals surface area (Å²) >= 11 is 0. The predicted molar refractivity (Wildman–Crippen MR) is 104 cm³/mol. The van der Waals surface area contributed by atoms with Gasteiger partial charge in [0.15, 0.2) is 0 Å². The van der Waals surface area contributed by atoms with E-state index in [0.717, 1.165) is 22.8 Å². The van der Waals surface area contributed by atoms with Gasteiger partial charge in [-0.05, 0) is 48.5 Å². The molecule has 7 heteroatoms. The number of H-pyrrole nitrogens is 1. The van der Waals surface area contributed by atoms with Crippen molar-refractivity contribution in [1.82, 2.24) is 9.97 Å². The lowest BCUT2D eigenvalue weighted by Crippen LogP contribution is -2.17. The van der Waals surface area contributed by atoms with Gasteiger partial charge >= 0.3 is 0 Å². The predicted octanol–water partition coefficient (Wildman–Crippen LogP) is 2.95. The first-order valence-electron chi connectivity index (χ1n) is 8.44. The van der Waals surface area contributed by atoms with Crippen molar-refractivity contribution in [3.8, 4) is 28.5 Å². The maximum Gasteiger partial charge on any atom is 0.252 e. The van der Waals surface area contributed by atoms with Gasteiger partial charge in [0.2, 0.25) is 5.95 Å². The zero-order valence-electron chi connectivity index (χ0n) is 15.2. The van der Waals surface area contributed by atoms with Crippen LogP contribution in [0.4, 0.5) is 5.95 Å². The Hall–Kier alpha value is -3.48. The number of ether oxygens (including phenoxy) is 3. The summed E-state index contributed by atoms with van der Waals surface area (Å²) in [7, 11) is 3.23. The third kappa shape index (κ3) is 5.01. The van der Waals surface area contributed by atoms with Crippen LogP contribution < -0.4 is 25.1 Å². The highest BCUT2D eigenvalue weighted by Gasteiger charge is 2.05. The molecule has 0 atom stereocenters. The van der Waals surface area contributed by atoms with Crippen LogP contribution in [0.3, 0.4) is 0 Å². The minimum atomic E-state index is -0.227. The molecule has 0 amide bonds. The zero-order chi connectivity index (χ0) is 19.1. The van der Waals surface area contributed by atoms with Gasteiger partial charge in [-0.1, -0.05) is 0 Å². The van der Waals surface area contributed by atoms with E-state index in [1.807, 2.05) is 48.5 Å². The highest BCUT2D eigenvalue weighted by Crippen LogP contribution is 2.20. The lowest BCUT2D eigenvalue weighted by Gasteiger charge is -2.09. The van der Waals surface area contributed by atoms with Crippen LogP contribution in [0.2, 0.25) is 0 Å². The molecule has 0 fully saturated rings. The quantitative estimate of drug-likeness (QED) is 0.596. The summed E-state index contributed by atoms with van der Waals surface area (Å²) in [5.41, 5.74) is 1.19. The first-order valence-corrected chi connectivity index (χ1v) is 8.44. The molecule has 0 unspecified atom stereocenters. The Morgan fingerprint density at radius 1 is 0.926 bits per heavy atom. The van der Waals surface area contributed by atoms with E-state index in [4.69, 9.17) is 14.2 Å². The van der Waals surface area contributed by atoms with Gasteiger partial charge in [-0.15, -0.1) is 0 Å². The SMILES string of the molecule is COc1ccc(OCCNc2nc(-c3ccc(OC)cc3)cc(=O)[nH]2)cc1. The maximum atomic E-state index is 11.9. The average Bonchev–Trinajstić information content (AvgIpc) is 2.71. The zero-order valence-corrected chi connectivity index (χ0v) is 15.2. The van der Waals surface area contributed by atoms with Gasteiger partial charge in [0.25, 0.3) is 5.56 Å². The van der Waals surface area contributed by atoms with Crippen LogP contribution in [0, 0.1) is 0 Å². The summed E-state index contributed by atoms with van der Waals surface area (Å²) in [4.78, 5) is 19.0. The number of benzene rings is 2. The van der Waals surface area contributed by atoms with Crippen LogP contribution in [-0.4, -0.2) is 37.3 Å². The minimum Gasteiger partial charge on any atom is -0.497 e. The number of aromatic amines is 1. The number of methoxy groups -OCH3 is 2. The van der Waals surface area contributed by atoms with Gasteiger partial charge in [-0.2, -0.15) is 0 Å². The molecule has 2 N–H and O–H groups in total. The van der Waals surface area contributed by atoms with Crippen LogP contribution in [0.1, 0.15) is 0 Å². The maximum absolute atomic E-state index is 11.9. The van der Waals surface area contributed by atoms with Crippen LogP contribution in [0.5, 0.6) is 17.2 Å². The molecule has 0 saturated carbocycles. The molecule has 1 heterocycles. The van der Waals surface area contributed by atoms with Crippen LogP contribution in [0.15, 0.2) is 59.4 Å². The van der Waals surface area contributed by atoms with E-state index in [1.165, 1.54) is 6.07 Å². The summed E-state index contributed by atoms with van der Waals surface area (Å²) in [6, 6.07) is 16.2. The van der Waals surface area contributed by atoms with E-state index in [1.54, 1.807) is 14.2 Å². The molecule has 140 valence electrons. The van der Waals surface area contributed by atoms with Gasteiger partial charge in [-0.25, -0.2) is 4.98 Å². The monoisotopic (exact) mass is 367 g/mol. The summed E-state index contributed by atoms with van der Waals surface area (Å²) in [5, 5.41) is 3.07. The molecule has 0 aliphatic carbocycles. The van der Waals surface area contributed by atoms with Crippen LogP contribution in [0.25, 0.3) is 11.3 Å². The largest absolute Gasteiger partial charge is 0.497 e. The van der Waals surface area contributed by atoms with Crippen molar-refractivity contribution >= 4 is 5.95 Å². The van der Waals surface area contributed by atoms with E-state index < -0.39 is 0 Å². The van der Waals surface area contributed by atoms with Crippen molar-refractivity contribution in [2.75, 3.05) is 32.7 Å². The third-order valence-corrected chi connectivity index (χ3v) is 3.85. The lowest BCUT2D eigenvalue weighted by molar-refractivity contribution is 0.331. The Kier molecular flexibility index (Phi) is 5.94. The lowest BCUT2D eigenvalue weighted by atomic mass is 10.1. The van der Waals surface area contributed by atoms with Gasteiger partial charge in [0, 0.05) is 11.6 Å². The molecular weight excluding hydrogens is 346 g/mol. The molecular formula is C20H21N3O4. The van der Waals surface area contributed by atoms with Crippen molar-refractivity contribution in [3.63, 3.8) is 0 Å². The van der Waals surface area contributed by atoms with E-state index in [9.17, 15) is 4.79 Å². The number of nitrogens with one attached hydrogen (secondary N) is 2. The molecule has 0 saturated heterocycles. The van der Waals surface area contributed by atoms with Crippen LogP contribution >= 0.6 is 0 Å². The van der Waals surface area contributed by atoms with Crippen molar-refractivity contribution < 1.29 is 14.2 Å². The van der Waals surface area contributed by atoms with E-state index in [0.29, 0.717) is 24.8 Å². The van der Waals surface area contributed by atoms with Crippen molar-refractivity contribution in [1.29, 1.82) is 0 Å². The van der Waals surface area contributed by atoms with Gasteiger partial charge < -0.3 is 19.5 Å².